The van der Waals surface area contributed by atoms with Crippen LogP contribution in [0.3, 0.4) is 0 Å². The van der Waals surface area contributed by atoms with E-state index in [1.165, 1.54) is 5.56 Å². The fourth-order valence-corrected chi connectivity index (χ4v) is 1.93. The molecular weight excluding hydrogens is 288 g/mol. The zero-order valence-electron chi connectivity index (χ0n) is 12.3. The predicted molar refractivity (Wildman–Crippen MR) is 84.8 cm³/mol. The van der Waals surface area contributed by atoms with Crippen molar-refractivity contribution in [3.63, 3.8) is 0 Å². The molecule has 0 aliphatic heterocycles. The highest BCUT2D eigenvalue weighted by atomic mass is 35.5. The molecule has 7 heteroatoms. The van der Waals surface area contributed by atoms with Gasteiger partial charge in [0.1, 0.15) is 0 Å². The molecule has 2 aromatic rings. The van der Waals surface area contributed by atoms with E-state index in [-0.39, 0.29) is 5.28 Å². The van der Waals surface area contributed by atoms with Crippen LogP contribution in [0, 0.1) is 0 Å². The predicted octanol–water partition coefficient (Wildman–Crippen LogP) is 2.42. The molecule has 6 nitrogen and oxygen atoms in total. The Labute approximate surface area is 129 Å². The minimum Gasteiger partial charge on any atom is -0.354 e. The Morgan fingerprint density at radius 2 is 1.95 bits per heavy atom. The van der Waals surface area contributed by atoms with Crippen molar-refractivity contribution in [3.05, 3.63) is 35.4 Å². The van der Waals surface area contributed by atoms with Crippen LogP contribution >= 0.6 is 11.6 Å². The Bertz CT molecular complexity index is 563. The Balaban J connectivity index is 2.01. The van der Waals surface area contributed by atoms with Crippen molar-refractivity contribution >= 4 is 23.5 Å². The first-order valence-corrected chi connectivity index (χ1v) is 7.32. The highest BCUT2D eigenvalue weighted by molar-refractivity contribution is 6.28. The lowest BCUT2D eigenvalue weighted by molar-refractivity contribution is 0.825. The second kappa shape index (κ2) is 7.73. The van der Waals surface area contributed by atoms with E-state index in [1.807, 2.05) is 24.1 Å². The van der Waals surface area contributed by atoms with Crippen molar-refractivity contribution < 1.29 is 0 Å². The summed E-state index contributed by atoms with van der Waals surface area (Å²) in [6.07, 6.45) is 5.47. The van der Waals surface area contributed by atoms with Gasteiger partial charge in [0.25, 0.3) is 0 Å². The van der Waals surface area contributed by atoms with Gasteiger partial charge in [0.15, 0.2) is 0 Å². The van der Waals surface area contributed by atoms with Gasteiger partial charge in [-0.1, -0.05) is 6.92 Å². The summed E-state index contributed by atoms with van der Waals surface area (Å²) in [5.74, 6) is 1.09. The second-order valence-corrected chi connectivity index (χ2v) is 5.02. The summed E-state index contributed by atoms with van der Waals surface area (Å²) in [4.78, 5) is 18.6. The fourth-order valence-electron chi connectivity index (χ4n) is 1.77. The summed E-state index contributed by atoms with van der Waals surface area (Å²) in [6.45, 7) is 3.68. The standard InChI is InChI=1S/C14H19ClN6/c1-3-7-17-13-18-12(15)19-14(20-13)21(2)10-6-11-4-8-16-9-5-11/h4-5,8-9H,3,6-7,10H2,1-2H3,(H,17,18,19,20). The SMILES string of the molecule is CCCNc1nc(Cl)nc(N(C)CCc2ccncc2)n1. The topological polar surface area (TPSA) is 66.8 Å². The third-order valence-corrected chi connectivity index (χ3v) is 3.13. The number of halogens is 1. The van der Waals surface area contributed by atoms with E-state index < -0.39 is 0 Å². The van der Waals surface area contributed by atoms with Crippen LogP contribution in [0.4, 0.5) is 11.9 Å². The number of anilines is 2. The molecule has 0 aliphatic rings. The molecule has 0 amide bonds. The number of hydrogen-bond acceptors (Lipinski definition) is 6. The van der Waals surface area contributed by atoms with Gasteiger partial charge < -0.3 is 10.2 Å². The van der Waals surface area contributed by atoms with Crippen molar-refractivity contribution in [3.8, 4) is 0 Å². The number of nitrogens with one attached hydrogen (secondary N) is 1. The fraction of sp³-hybridized carbons (Fsp3) is 0.429. The van der Waals surface area contributed by atoms with Crippen LogP contribution in [0.1, 0.15) is 18.9 Å². The molecule has 0 spiro atoms. The molecule has 2 aromatic heterocycles. The van der Waals surface area contributed by atoms with Crippen LogP contribution in [0.25, 0.3) is 0 Å². The van der Waals surface area contributed by atoms with Crippen LogP contribution in [-0.4, -0.2) is 40.1 Å². The molecule has 0 unspecified atom stereocenters. The van der Waals surface area contributed by atoms with E-state index in [4.69, 9.17) is 11.6 Å². The third kappa shape index (κ3) is 4.82. The van der Waals surface area contributed by atoms with E-state index in [9.17, 15) is 0 Å². The first-order valence-electron chi connectivity index (χ1n) is 6.94. The highest BCUT2D eigenvalue weighted by Gasteiger charge is 2.09. The molecule has 2 rings (SSSR count). The van der Waals surface area contributed by atoms with Crippen molar-refractivity contribution in [1.29, 1.82) is 0 Å². The molecule has 2 heterocycles. The molecule has 0 saturated carbocycles. The highest BCUT2D eigenvalue weighted by Crippen LogP contribution is 2.13. The van der Waals surface area contributed by atoms with Gasteiger partial charge in [0.05, 0.1) is 0 Å². The number of rotatable bonds is 7. The average Bonchev–Trinajstić information content (AvgIpc) is 2.51. The van der Waals surface area contributed by atoms with Gasteiger partial charge in [-0.2, -0.15) is 15.0 Å². The van der Waals surface area contributed by atoms with Crippen molar-refractivity contribution in [2.45, 2.75) is 19.8 Å². The van der Waals surface area contributed by atoms with Gasteiger partial charge in [-0.3, -0.25) is 4.98 Å². The van der Waals surface area contributed by atoms with Crippen LogP contribution < -0.4 is 10.2 Å². The molecule has 0 radical (unpaired) electrons. The Morgan fingerprint density at radius 1 is 1.19 bits per heavy atom. The van der Waals surface area contributed by atoms with Gasteiger partial charge >= 0.3 is 0 Å². The molecule has 0 aromatic carbocycles. The molecule has 1 N–H and O–H groups in total. The molecule has 0 bridgehead atoms. The lowest BCUT2D eigenvalue weighted by Crippen LogP contribution is -2.23. The van der Waals surface area contributed by atoms with Gasteiger partial charge in [-0.25, -0.2) is 0 Å². The van der Waals surface area contributed by atoms with Crippen LogP contribution in [0.5, 0.6) is 0 Å². The van der Waals surface area contributed by atoms with E-state index in [1.54, 1.807) is 12.4 Å². The summed E-state index contributed by atoms with van der Waals surface area (Å²) >= 11 is 5.95. The maximum Gasteiger partial charge on any atom is 0.231 e. The Hall–Kier alpha value is -1.95. The minimum absolute atomic E-state index is 0.203. The third-order valence-electron chi connectivity index (χ3n) is 2.96. The number of aromatic nitrogens is 4. The molecule has 21 heavy (non-hydrogen) atoms. The summed E-state index contributed by atoms with van der Waals surface area (Å²) in [5, 5.41) is 3.33. The van der Waals surface area contributed by atoms with Crippen molar-refractivity contribution in [2.75, 3.05) is 30.4 Å². The Kier molecular flexibility index (Phi) is 5.68. The quantitative estimate of drug-likeness (QED) is 0.847. The lowest BCUT2D eigenvalue weighted by atomic mass is 10.2. The number of pyridine rings is 1. The van der Waals surface area contributed by atoms with Gasteiger partial charge in [0.2, 0.25) is 17.2 Å². The molecule has 112 valence electrons. The first-order chi connectivity index (χ1) is 10.2. The van der Waals surface area contributed by atoms with Crippen molar-refractivity contribution in [1.82, 2.24) is 19.9 Å². The van der Waals surface area contributed by atoms with Gasteiger partial charge in [-0.15, -0.1) is 0 Å². The van der Waals surface area contributed by atoms with Crippen LogP contribution in [-0.2, 0) is 6.42 Å². The summed E-state index contributed by atoms with van der Waals surface area (Å²) < 4.78 is 0. The normalized spacial score (nSPS) is 10.4. The maximum atomic E-state index is 5.95. The molecular formula is C14H19ClN6. The minimum atomic E-state index is 0.203. The average molecular weight is 307 g/mol. The van der Waals surface area contributed by atoms with Crippen LogP contribution in [0.2, 0.25) is 5.28 Å². The molecule has 0 saturated heterocycles. The van der Waals surface area contributed by atoms with E-state index in [0.717, 1.165) is 25.9 Å². The largest absolute Gasteiger partial charge is 0.354 e. The zero-order chi connectivity index (χ0) is 15.1. The molecule has 0 atom stereocenters. The van der Waals surface area contributed by atoms with E-state index in [2.05, 4.69) is 32.2 Å². The summed E-state index contributed by atoms with van der Waals surface area (Å²) in [7, 11) is 1.94. The number of likely N-dealkylation sites (N-methyl/N-ethyl adjacent to an activating group) is 1. The first kappa shape index (κ1) is 15.4. The molecule has 0 fully saturated rings. The Morgan fingerprint density at radius 3 is 2.67 bits per heavy atom. The zero-order valence-corrected chi connectivity index (χ0v) is 13.0. The van der Waals surface area contributed by atoms with E-state index in [0.29, 0.717) is 11.9 Å². The number of hydrogen-bond donors (Lipinski definition) is 1. The number of nitrogens with zero attached hydrogens (tertiary/aromatic N) is 5. The van der Waals surface area contributed by atoms with Crippen LogP contribution in [0.15, 0.2) is 24.5 Å². The smallest absolute Gasteiger partial charge is 0.231 e. The second-order valence-electron chi connectivity index (χ2n) is 4.68. The monoisotopic (exact) mass is 306 g/mol. The summed E-state index contributed by atoms with van der Waals surface area (Å²) in [6, 6.07) is 4.00. The van der Waals surface area contributed by atoms with Crippen molar-refractivity contribution in [2.24, 2.45) is 0 Å². The van der Waals surface area contributed by atoms with Gasteiger partial charge in [0, 0.05) is 32.5 Å². The van der Waals surface area contributed by atoms with Gasteiger partial charge in [-0.05, 0) is 42.1 Å². The lowest BCUT2D eigenvalue weighted by Gasteiger charge is -2.17. The van der Waals surface area contributed by atoms with E-state index >= 15 is 0 Å². The molecule has 0 aliphatic carbocycles. The summed E-state index contributed by atoms with van der Waals surface area (Å²) in [5.41, 5.74) is 1.22. The maximum absolute atomic E-state index is 5.95.